The molecule has 166 valence electrons. The molecule has 0 radical (unpaired) electrons. The lowest BCUT2D eigenvalue weighted by Gasteiger charge is -2.10. The van der Waals surface area contributed by atoms with E-state index in [0.717, 1.165) is 59.5 Å². The lowest BCUT2D eigenvalue weighted by Crippen LogP contribution is -1.95. The zero-order valence-corrected chi connectivity index (χ0v) is 30.3. The van der Waals surface area contributed by atoms with Gasteiger partial charge in [0.15, 0.2) is 0 Å². The average Bonchev–Trinajstić information content (AvgIpc) is 2.75. The summed E-state index contributed by atoms with van der Waals surface area (Å²) < 4.78 is 9.78. The third-order valence-electron chi connectivity index (χ3n) is 4.39. The van der Waals surface area contributed by atoms with E-state index in [1.54, 1.807) is 0 Å². The van der Waals surface area contributed by atoms with E-state index in [0.29, 0.717) is 0 Å². The molecule has 0 N–H and O–H groups in total. The van der Waals surface area contributed by atoms with Gasteiger partial charge in [-0.15, -0.1) is 0 Å². The smallest absolute Gasteiger partial charge is 0.0462 e. The molecule has 0 saturated carbocycles. The molecule has 0 aliphatic rings. The van der Waals surface area contributed by atoms with Crippen LogP contribution < -0.4 is 0 Å². The summed E-state index contributed by atoms with van der Waals surface area (Å²) in [5.41, 5.74) is 3.89. The standard InChI is InChI=1S/C14H8Br6.C8H7Br3/c15-9-5-3-7(11(17)13(9)19)1-2-8-4-6-10(16)14(20)12(8)18;1-2-5-3-4-6(9)8(11)7(5)10/h3-6H,1-2H2;3-4H,2H2,1H3. The largest absolute Gasteiger partial charge is 0.0613 e. The molecule has 0 heterocycles. The number of halogens is 9. The van der Waals surface area contributed by atoms with E-state index in [9.17, 15) is 0 Å². The van der Waals surface area contributed by atoms with Crippen molar-refractivity contribution < 1.29 is 0 Å². The summed E-state index contributed by atoms with van der Waals surface area (Å²) in [4.78, 5) is 0. The SMILES string of the molecule is Brc1ccc(CCc2ccc(Br)c(Br)c2Br)c(Br)c1Br.CCc1ccc(Br)c(Br)c1Br. The predicted octanol–water partition coefficient (Wildman–Crippen LogP) is 12.6. The molecule has 0 spiro atoms. The maximum absolute atomic E-state index is 3.64. The maximum Gasteiger partial charge on any atom is 0.0462 e. The van der Waals surface area contributed by atoms with Crippen molar-refractivity contribution in [1.29, 1.82) is 0 Å². The molecule has 0 bridgehead atoms. The normalized spacial score (nSPS) is 10.6. The summed E-state index contributed by atoms with van der Waals surface area (Å²) in [5.74, 6) is 0. The lowest BCUT2D eigenvalue weighted by molar-refractivity contribution is 0.945. The Bertz CT molecular complexity index is 1020. The maximum atomic E-state index is 3.64. The highest BCUT2D eigenvalue weighted by molar-refractivity contribution is 9.15. The molecule has 0 aromatic heterocycles. The van der Waals surface area contributed by atoms with Crippen molar-refractivity contribution in [3.63, 3.8) is 0 Å². The van der Waals surface area contributed by atoms with E-state index in [2.05, 4.69) is 181 Å². The van der Waals surface area contributed by atoms with E-state index < -0.39 is 0 Å². The molecule has 31 heavy (non-hydrogen) atoms. The van der Waals surface area contributed by atoms with Gasteiger partial charge in [-0.1, -0.05) is 25.1 Å². The third kappa shape index (κ3) is 7.99. The molecular formula is C22H15Br9. The minimum Gasteiger partial charge on any atom is -0.0613 e. The quantitative estimate of drug-likeness (QED) is 0.229. The summed E-state index contributed by atoms with van der Waals surface area (Å²) in [5, 5.41) is 0. The molecule has 0 aliphatic heterocycles. The highest BCUT2D eigenvalue weighted by atomic mass is 79.9. The highest BCUT2D eigenvalue weighted by Crippen LogP contribution is 2.37. The van der Waals surface area contributed by atoms with Crippen molar-refractivity contribution in [2.75, 3.05) is 0 Å². The van der Waals surface area contributed by atoms with Crippen molar-refractivity contribution in [3.8, 4) is 0 Å². The van der Waals surface area contributed by atoms with Gasteiger partial charge in [-0.25, -0.2) is 0 Å². The molecule has 0 saturated heterocycles. The van der Waals surface area contributed by atoms with Gasteiger partial charge < -0.3 is 0 Å². The van der Waals surface area contributed by atoms with Crippen LogP contribution in [-0.4, -0.2) is 0 Å². The Morgan fingerprint density at radius 3 is 1.03 bits per heavy atom. The first-order valence-corrected chi connectivity index (χ1v) is 16.1. The fourth-order valence-electron chi connectivity index (χ4n) is 2.63. The highest BCUT2D eigenvalue weighted by Gasteiger charge is 2.11. The molecule has 0 amide bonds. The Morgan fingerprint density at radius 1 is 0.419 bits per heavy atom. The molecule has 3 rings (SSSR count). The average molecular weight is 998 g/mol. The Hall–Kier alpha value is 1.98. The lowest BCUT2D eigenvalue weighted by atomic mass is 10.0. The van der Waals surface area contributed by atoms with E-state index >= 15 is 0 Å². The van der Waals surface area contributed by atoms with Gasteiger partial charge in [0.2, 0.25) is 0 Å². The van der Waals surface area contributed by atoms with Gasteiger partial charge >= 0.3 is 0 Å². The van der Waals surface area contributed by atoms with Crippen LogP contribution in [0.5, 0.6) is 0 Å². The molecule has 0 atom stereocenters. The minimum absolute atomic E-state index is 0.971. The summed E-state index contributed by atoms with van der Waals surface area (Å²) >= 11 is 31.9. The van der Waals surface area contributed by atoms with Crippen LogP contribution in [0.2, 0.25) is 0 Å². The number of hydrogen-bond acceptors (Lipinski definition) is 0. The van der Waals surface area contributed by atoms with Crippen LogP contribution in [0.3, 0.4) is 0 Å². The van der Waals surface area contributed by atoms with Crippen molar-refractivity contribution in [3.05, 3.63) is 93.3 Å². The van der Waals surface area contributed by atoms with Crippen molar-refractivity contribution in [1.82, 2.24) is 0 Å². The summed E-state index contributed by atoms with van der Waals surface area (Å²) in [6.45, 7) is 2.14. The van der Waals surface area contributed by atoms with Crippen LogP contribution in [-0.2, 0) is 19.3 Å². The zero-order valence-electron chi connectivity index (χ0n) is 16.0. The Balaban J connectivity index is 0.000000262. The van der Waals surface area contributed by atoms with Gasteiger partial charge in [0.25, 0.3) is 0 Å². The monoisotopic (exact) mass is 989 g/mol. The first kappa shape index (κ1) is 29.2. The van der Waals surface area contributed by atoms with Crippen molar-refractivity contribution >= 4 is 143 Å². The second-order valence-corrected chi connectivity index (χ2v) is 13.7. The summed E-state index contributed by atoms with van der Waals surface area (Å²) in [6.07, 6.45) is 2.99. The Morgan fingerprint density at radius 2 is 0.710 bits per heavy atom. The number of rotatable bonds is 4. The number of benzene rings is 3. The molecule has 0 fully saturated rings. The first-order chi connectivity index (χ1) is 14.6. The van der Waals surface area contributed by atoms with Crippen LogP contribution in [0.25, 0.3) is 0 Å². The first-order valence-electron chi connectivity index (χ1n) is 8.95. The molecule has 3 aromatic carbocycles. The fourth-order valence-corrected chi connectivity index (χ4v) is 7.29. The number of hydrogen-bond donors (Lipinski definition) is 0. The Kier molecular flexibility index (Phi) is 13.1. The van der Waals surface area contributed by atoms with Gasteiger partial charge in [-0.3, -0.25) is 0 Å². The van der Waals surface area contributed by atoms with Crippen LogP contribution in [0.4, 0.5) is 0 Å². The molecule has 3 aromatic rings. The fraction of sp³-hybridized carbons (Fsp3) is 0.182. The van der Waals surface area contributed by atoms with E-state index in [1.807, 2.05) is 6.07 Å². The van der Waals surface area contributed by atoms with Crippen LogP contribution in [0.15, 0.2) is 76.7 Å². The molecule has 0 unspecified atom stereocenters. The van der Waals surface area contributed by atoms with Crippen LogP contribution in [0, 0.1) is 0 Å². The van der Waals surface area contributed by atoms with Gasteiger partial charge in [0.05, 0.1) is 0 Å². The molecular weight excluding hydrogens is 983 g/mol. The number of aryl methyl sites for hydroxylation is 3. The second kappa shape index (κ2) is 13.9. The predicted molar refractivity (Wildman–Crippen MR) is 165 cm³/mol. The summed E-state index contributed by atoms with van der Waals surface area (Å²) in [6, 6.07) is 12.6. The molecule has 0 nitrogen and oxygen atoms in total. The van der Waals surface area contributed by atoms with Gasteiger partial charge in [0, 0.05) is 40.3 Å². The minimum atomic E-state index is 0.971. The third-order valence-corrected chi connectivity index (χ3v) is 14.8. The van der Waals surface area contributed by atoms with Gasteiger partial charge in [-0.2, -0.15) is 0 Å². The Labute approximate surface area is 259 Å². The van der Waals surface area contributed by atoms with E-state index in [-0.39, 0.29) is 0 Å². The van der Waals surface area contributed by atoms with E-state index in [1.165, 1.54) is 16.7 Å². The molecule has 0 aliphatic carbocycles. The topological polar surface area (TPSA) is 0 Å². The van der Waals surface area contributed by atoms with Crippen molar-refractivity contribution in [2.24, 2.45) is 0 Å². The van der Waals surface area contributed by atoms with Crippen LogP contribution in [0.1, 0.15) is 23.6 Å². The van der Waals surface area contributed by atoms with Gasteiger partial charge in [0.1, 0.15) is 0 Å². The second-order valence-electron chi connectivity index (χ2n) is 6.36. The molecule has 9 heteroatoms. The van der Waals surface area contributed by atoms with Crippen molar-refractivity contribution in [2.45, 2.75) is 26.2 Å². The van der Waals surface area contributed by atoms with Crippen LogP contribution >= 0.6 is 143 Å². The van der Waals surface area contributed by atoms with Gasteiger partial charge in [-0.05, 0) is 198 Å². The zero-order chi connectivity index (χ0) is 23.3. The van der Waals surface area contributed by atoms with E-state index in [4.69, 9.17) is 0 Å². The summed E-state index contributed by atoms with van der Waals surface area (Å²) in [7, 11) is 0.